The van der Waals surface area contributed by atoms with Gasteiger partial charge < -0.3 is 9.47 Å². The number of nitrogens with zero attached hydrogens (tertiary/aromatic N) is 3. The number of pyridine rings is 2. The van der Waals surface area contributed by atoms with Gasteiger partial charge in [-0.15, -0.1) is 0 Å². The molecule has 11 heteroatoms. The smallest absolute Gasteiger partial charge is 0.353 e. The average molecular weight is 510 g/mol. The minimum absolute atomic E-state index is 0.0215. The zero-order valence-corrected chi connectivity index (χ0v) is 18.7. The Kier molecular flexibility index (Phi) is 5.68. The third kappa shape index (κ3) is 4.68. The molecule has 1 aliphatic heterocycles. The third-order valence-corrected chi connectivity index (χ3v) is 6.13. The zero-order chi connectivity index (χ0) is 25.0. The number of fused-ring (bicyclic) bond motifs is 1. The number of anilines is 1. The highest BCUT2D eigenvalue weighted by atomic mass is 35.5. The molecule has 0 radical (unpaired) electrons. The van der Waals surface area contributed by atoms with E-state index in [0.29, 0.717) is 28.8 Å². The Morgan fingerprint density at radius 2 is 1.83 bits per heavy atom. The van der Waals surface area contributed by atoms with E-state index in [-0.39, 0.29) is 22.8 Å². The molecule has 0 atom stereocenters. The number of rotatable bonds is 4. The fraction of sp³-hybridized carbons (Fsp3) is 0.250. The van der Waals surface area contributed by atoms with Gasteiger partial charge >= 0.3 is 12.2 Å². The van der Waals surface area contributed by atoms with Crippen molar-refractivity contribution in [3.8, 4) is 0 Å². The van der Waals surface area contributed by atoms with Crippen molar-refractivity contribution in [3.05, 3.63) is 98.4 Å². The second-order valence-corrected chi connectivity index (χ2v) is 8.74. The lowest BCUT2D eigenvalue weighted by molar-refractivity contribution is -0.380. The Hall–Kier alpha value is -3.24. The number of halogens is 6. The lowest BCUT2D eigenvalue weighted by Gasteiger charge is -2.38. The van der Waals surface area contributed by atoms with E-state index in [0.717, 1.165) is 4.90 Å². The summed E-state index contributed by atoms with van der Waals surface area (Å²) in [6.45, 7) is -2.11. The van der Waals surface area contributed by atoms with Crippen molar-refractivity contribution < 1.29 is 26.7 Å². The highest BCUT2D eigenvalue weighted by Gasteiger charge is 2.51. The van der Waals surface area contributed by atoms with Crippen LogP contribution in [0.5, 0.6) is 0 Å². The first-order chi connectivity index (χ1) is 16.5. The number of aromatic nitrogens is 2. The van der Waals surface area contributed by atoms with Crippen LogP contribution >= 0.6 is 11.6 Å². The van der Waals surface area contributed by atoms with Crippen LogP contribution in [0.25, 0.3) is 5.57 Å². The van der Waals surface area contributed by atoms with Gasteiger partial charge in [0.05, 0.1) is 29.1 Å². The maximum absolute atomic E-state index is 14.2. The van der Waals surface area contributed by atoms with E-state index in [1.54, 1.807) is 12.1 Å². The molecular formula is C24H17ClF5N3O2. The summed E-state index contributed by atoms with van der Waals surface area (Å²) in [6, 6.07) is 9.07. The van der Waals surface area contributed by atoms with E-state index >= 15 is 0 Å². The predicted octanol–water partition coefficient (Wildman–Crippen LogP) is 5.09. The molecule has 0 amide bonds. The Balaban J connectivity index is 1.43. The van der Waals surface area contributed by atoms with Gasteiger partial charge in [-0.05, 0) is 29.3 Å². The molecule has 1 aliphatic carbocycles. The van der Waals surface area contributed by atoms with Crippen molar-refractivity contribution >= 4 is 22.9 Å². The van der Waals surface area contributed by atoms with Gasteiger partial charge in [-0.1, -0.05) is 29.8 Å². The number of hydrogen-bond donors (Lipinski definition) is 0. The van der Waals surface area contributed by atoms with Crippen LogP contribution in [-0.2, 0) is 17.7 Å². The first-order valence-electron chi connectivity index (χ1n) is 10.6. The van der Waals surface area contributed by atoms with E-state index in [9.17, 15) is 26.7 Å². The summed E-state index contributed by atoms with van der Waals surface area (Å²) in [7, 11) is 0. The number of hydrogen-bond acceptors (Lipinski definition) is 4. The van der Waals surface area contributed by atoms with Crippen molar-refractivity contribution in [2.75, 3.05) is 18.0 Å². The van der Waals surface area contributed by atoms with Gasteiger partial charge in [-0.2, -0.15) is 17.6 Å². The van der Waals surface area contributed by atoms with E-state index in [4.69, 9.17) is 11.6 Å². The number of benzene rings is 1. The summed E-state index contributed by atoms with van der Waals surface area (Å²) in [5, 5.41) is -0.0426. The molecule has 5 nitrogen and oxygen atoms in total. The van der Waals surface area contributed by atoms with Gasteiger partial charge in [0, 0.05) is 29.8 Å². The van der Waals surface area contributed by atoms with Crippen molar-refractivity contribution in [2.45, 2.75) is 25.2 Å². The van der Waals surface area contributed by atoms with E-state index < -0.39 is 36.7 Å². The van der Waals surface area contributed by atoms with E-state index in [1.807, 2.05) is 6.08 Å². The molecule has 1 fully saturated rings. The molecule has 0 N–H and O–H groups in total. The third-order valence-electron chi connectivity index (χ3n) is 5.84. The quantitative estimate of drug-likeness (QED) is 0.460. The lowest BCUT2D eigenvalue weighted by Crippen LogP contribution is -2.55. The predicted molar refractivity (Wildman–Crippen MR) is 119 cm³/mol. The molecule has 1 saturated heterocycles. The van der Waals surface area contributed by atoms with Crippen molar-refractivity contribution in [3.63, 3.8) is 0 Å². The van der Waals surface area contributed by atoms with Gasteiger partial charge in [0.15, 0.2) is 0 Å². The fourth-order valence-electron chi connectivity index (χ4n) is 4.26. The molecule has 3 aromatic rings. The number of ether oxygens (including phenoxy) is 1. The maximum Gasteiger partial charge on any atom is 0.377 e. The van der Waals surface area contributed by atoms with Crippen LogP contribution in [-0.4, -0.2) is 34.9 Å². The number of alkyl halides is 4. The molecule has 1 aromatic carbocycles. The molecule has 2 aromatic heterocycles. The summed E-state index contributed by atoms with van der Waals surface area (Å²) < 4.78 is 73.9. The van der Waals surface area contributed by atoms with Crippen molar-refractivity contribution in [1.82, 2.24) is 9.55 Å². The van der Waals surface area contributed by atoms with Crippen LogP contribution in [0.2, 0.25) is 5.02 Å². The van der Waals surface area contributed by atoms with Gasteiger partial charge in [0.2, 0.25) is 0 Å². The number of morpholine rings is 1. The van der Waals surface area contributed by atoms with Crippen LogP contribution in [0.15, 0.2) is 59.7 Å². The standard InChI is InChI=1S/C24H17ClF5N3O2/c25-19-3-1-2-15(22(19)26)11-32-7-6-14(8-21(32)34)17-4-5-20-18(17)9-16(10-31-20)33-12-23(27,28)35-24(29,30)13-33/h1-4,6-10H,5,11-13H2. The minimum atomic E-state index is -4.02. The van der Waals surface area contributed by atoms with Crippen LogP contribution in [0.1, 0.15) is 22.4 Å². The van der Waals surface area contributed by atoms with Crippen molar-refractivity contribution in [1.29, 1.82) is 0 Å². The summed E-state index contributed by atoms with van der Waals surface area (Å²) in [5.74, 6) is -0.601. The monoisotopic (exact) mass is 509 g/mol. The summed E-state index contributed by atoms with van der Waals surface area (Å²) in [6.07, 6.45) is -3.02. The molecular weight excluding hydrogens is 493 g/mol. The summed E-state index contributed by atoms with van der Waals surface area (Å²) in [4.78, 5) is 17.8. The Morgan fingerprint density at radius 1 is 1.09 bits per heavy atom. The molecule has 35 heavy (non-hydrogen) atoms. The lowest BCUT2D eigenvalue weighted by atomic mass is 10.0. The normalized spacial score (nSPS) is 18.3. The Morgan fingerprint density at radius 3 is 2.54 bits per heavy atom. The van der Waals surface area contributed by atoms with Crippen LogP contribution < -0.4 is 10.5 Å². The molecule has 3 heterocycles. The van der Waals surface area contributed by atoms with Gasteiger partial charge in [-0.25, -0.2) is 4.39 Å². The topological polar surface area (TPSA) is 47.4 Å². The van der Waals surface area contributed by atoms with Crippen LogP contribution in [0.3, 0.4) is 0 Å². The zero-order valence-electron chi connectivity index (χ0n) is 18.0. The SMILES string of the molecule is O=c1cc(C2=CCc3ncc(N4CC(F)(F)OC(F)(F)C4)cc32)ccn1Cc1cccc(Cl)c1F. The Bertz CT molecular complexity index is 1390. The van der Waals surface area contributed by atoms with E-state index in [1.165, 1.54) is 41.2 Å². The molecule has 2 aliphatic rings. The summed E-state index contributed by atoms with van der Waals surface area (Å²) >= 11 is 5.81. The second-order valence-electron chi connectivity index (χ2n) is 8.34. The molecule has 0 unspecified atom stereocenters. The average Bonchev–Trinajstić information content (AvgIpc) is 3.19. The minimum Gasteiger partial charge on any atom is -0.353 e. The molecule has 0 saturated carbocycles. The molecule has 0 bridgehead atoms. The maximum atomic E-state index is 14.2. The second kappa shape index (κ2) is 8.46. The van der Waals surface area contributed by atoms with Gasteiger partial charge in [0.25, 0.3) is 5.56 Å². The van der Waals surface area contributed by atoms with Crippen molar-refractivity contribution in [2.24, 2.45) is 0 Å². The number of allylic oxidation sites excluding steroid dienone is 1. The molecule has 5 rings (SSSR count). The fourth-order valence-corrected chi connectivity index (χ4v) is 4.45. The highest BCUT2D eigenvalue weighted by molar-refractivity contribution is 6.30. The van der Waals surface area contributed by atoms with Crippen LogP contribution in [0.4, 0.5) is 27.6 Å². The van der Waals surface area contributed by atoms with E-state index in [2.05, 4.69) is 9.72 Å². The summed E-state index contributed by atoms with van der Waals surface area (Å²) in [5.41, 5.74) is 2.29. The van der Waals surface area contributed by atoms with Gasteiger partial charge in [0.1, 0.15) is 18.9 Å². The van der Waals surface area contributed by atoms with Crippen LogP contribution in [0, 0.1) is 5.82 Å². The highest BCUT2D eigenvalue weighted by Crippen LogP contribution is 2.38. The first-order valence-corrected chi connectivity index (χ1v) is 10.9. The molecule has 182 valence electrons. The van der Waals surface area contributed by atoms with Gasteiger partial charge in [-0.3, -0.25) is 14.5 Å². The first kappa shape index (κ1) is 23.5. The molecule has 0 spiro atoms. The largest absolute Gasteiger partial charge is 0.377 e. The Labute approximate surface area is 201 Å².